The van der Waals surface area contributed by atoms with Crippen molar-refractivity contribution in [2.45, 2.75) is 6.92 Å². The highest BCUT2D eigenvalue weighted by molar-refractivity contribution is 5.39. The lowest BCUT2D eigenvalue weighted by Gasteiger charge is -2.26. The number of para-hydroxylation sites is 2. The SMILES string of the molecule is CCOc1ccccc1OCCNCCN1CCOCC1. The van der Waals surface area contributed by atoms with Gasteiger partial charge in [0.1, 0.15) is 6.61 Å². The molecule has 0 aromatic heterocycles. The molecule has 0 atom stereocenters. The van der Waals surface area contributed by atoms with Gasteiger partial charge in [0.2, 0.25) is 0 Å². The van der Waals surface area contributed by atoms with E-state index in [0.29, 0.717) is 13.2 Å². The van der Waals surface area contributed by atoms with Gasteiger partial charge in [0.25, 0.3) is 0 Å². The van der Waals surface area contributed by atoms with Gasteiger partial charge in [-0.05, 0) is 19.1 Å². The lowest BCUT2D eigenvalue weighted by Crippen LogP contribution is -2.40. The first-order valence-corrected chi connectivity index (χ1v) is 7.75. The monoisotopic (exact) mass is 294 g/mol. The topological polar surface area (TPSA) is 43.0 Å². The summed E-state index contributed by atoms with van der Waals surface area (Å²) < 4.78 is 16.6. The minimum absolute atomic E-state index is 0.646. The molecule has 1 aliphatic heterocycles. The van der Waals surface area contributed by atoms with Crippen LogP contribution >= 0.6 is 0 Å². The zero-order chi connectivity index (χ0) is 14.8. The minimum Gasteiger partial charge on any atom is -0.490 e. The molecule has 0 spiro atoms. The predicted molar refractivity (Wildman–Crippen MR) is 83.2 cm³/mol. The molecule has 1 heterocycles. The highest BCUT2D eigenvalue weighted by atomic mass is 16.5. The van der Waals surface area contributed by atoms with Crippen molar-refractivity contribution in [3.05, 3.63) is 24.3 Å². The van der Waals surface area contributed by atoms with E-state index >= 15 is 0 Å². The van der Waals surface area contributed by atoms with Gasteiger partial charge in [-0.3, -0.25) is 4.90 Å². The first-order valence-electron chi connectivity index (χ1n) is 7.75. The summed E-state index contributed by atoms with van der Waals surface area (Å²) in [5.74, 6) is 1.63. The van der Waals surface area contributed by atoms with Crippen molar-refractivity contribution in [3.63, 3.8) is 0 Å². The van der Waals surface area contributed by atoms with Gasteiger partial charge in [-0.15, -0.1) is 0 Å². The third kappa shape index (κ3) is 5.91. The van der Waals surface area contributed by atoms with E-state index in [1.165, 1.54) is 0 Å². The van der Waals surface area contributed by atoms with E-state index in [-0.39, 0.29) is 0 Å². The molecule has 0 amide bonds. The van der Waals surface area contributed by atoms with E-state index in [2.05, 4.69) is 10.2 Å². The van der Waals surface area contributed by atoms with Gasteiger partial charge >= 0.3 is 0 Å². The molecule has 1 aromatic rings. The van der Waals surface area contributed by atoms with Gasteiger partial charge in [-0.2, -0.15) is 0 Å². The zero-order valence-corrected chi connectivity index (χ0v) is 12.8. The quantitative estimate of drug-likeness (QED) is 0.697. The Balaban J connectivity index is 1.57. The van der Waals surface area contributed by atoms with Crippen LogP contribution in [0.1, 0.15) is 6.92 Å². The van der Waals surface area contributed by atoms with Crippen molar-refractivity contribution in [3.8, 4) is 11.5 Å². The molecular formula is C16H26N2O3. The molecule has 2 rings (SSSR count). The third-order valence-electron chi connectivity index (χ3n) is 3.39. The van der Waals surface area contributed by atoms with E-state index in [1.54, 1.807) is 0 Å². The summed E-state index contributed by atoms with van der Waals surface area (Å²) in [5.41, 5.74) is 0. The average Bonchev–Trinajstić information content (AvgIpc) is 2.53. The largest absolute Gasteiger partial charge is 0.490 e. The van der Waals surface area contributed by atoms with Crippen LogP contribution in [0.3, 0.4) is 0 Å². The number of ether oxygens (including phenoxy) is 3. The summed E-state index contributed by atoms with van der Waals surface area (Å²) in [5, 5.41) is 3.41. The second-order valence-electron chi connectivity index (χ2n) is 4.93. The van der Waals surface area contributed by atoms with E-state index in [9.17, 15) is 0 Å². The fourth-order valence-electron chi connectivity index (χ4n) is 2.26. The summed E-state index contributed by atoms with van der Waals surface area (Å²) in [6, 6.07) is 7.80. The van der Waals surface area contributed by atoms with Gasteiger partial charge in [0.05, 0.1) is 19.8 Å². The summed E-state index contributed by atoms with van der Waals surface area (Å²) in [7, 11) is 0. The van der Waals surface area contributed by atoms with Crippen molar-refractivity contribution in [1.82, 2.24) is 10.2 Å². The lowest BCUT2D eigenvalue weighted by molar-refractivity contribution is 0.0383. The maximum absolute atomic E-state index is 5.76. The molecule has 1 N–H and O–H groups in total. The lowest BCUT2D eigenvalue weighted by atomic mass is 10.3. The summed E-state index contributed by atoms with van der Waals surface area (Å²) in [6.45, 7) is 9.96. The van der Waals surface area contributed by atoms with Crippen molar-refractivity contribution < 1.29 is 14.2 Å². The third-order valence-corrected chi connectivity index (χ3v) is 3.39. The molecule has 0 bridgehead atoms. The Hall–Kier alpha value is -1.30. The second kappa shape index (κ2) is 9.60. The number of morpholine rings is 1. The molecule has 21 heavy (non-hydrogen) atoms. The van der Waals surface area contributed by atoms with Gasteiger partial charge in [0.15, 0.2) is 11.5 Å². The number of nitrogens with one attached hydrogen (secondary N) is 1. The van der Waals surface area contributed by atoms with Crippen molar-refractivity contribution in [2.24, 2.45) is 0 Å². The van der Waals surface area contributed by atoms with E-state index in [0.717, 1.165) is 57.4 Å². The molecule has 1 aliphatic rings. The van der Waals surface area contributed by atoms with Crippen molar-refractivity contribution in [1.29, 1.82) is 0 Å². The smallest absolute Gasteiger partial charge is 0.161 e. The molecule has 5 nitrogen and oxygen atoms in total. The first kappa shape index (κ1) is 16.1. The Kier molecular flexibility index (Phi) is 7.35. The van der Waals surface area contributed by atoms with Gasteiger partial charge in [-0.1, -0.05) is 12.1 Å². The normalized spacial score (nSPS) is 15.9. The highest BCUT2D eigenvalue weighted by Gasteiger charge is 2.09. The van der Waals surface area contributed by atoms with E-state index in [4.69, 9.17) is 14.2 Å². The van der Waals surface area contributed by atoms with Crippen LogP contribution in [0, 0.1) is 0 Å². The van der Waals surface area contributed by atoms with Gasteiger partial charge in [0, 0.05) is 32.7 Å². The zero-order valence-electron chi connectivity index (χ0n) is 12.8. The molecule has 0 aliphatic carbocycles. The maximum Gasteiger partial charge on any atom is 0.161 e. The number of rotatable bonds is 9. The van der Waals surface area contributed by atoms with Crippen LogP contribution in [0.4, 0.5) is 0 Å². The predicted octanol–water partition coefficient (Wildman–Crippen LogP) is 1.39. The molecule has 0 radical (unpaired) electrons. The number of nitrogens with zero attached hydrogens (tertiary/aromatic N) is 1. The molecular weight excluding hydrogens is 268 g/mol. The number of hydrogen-bond acceptors (Lipinski definition) is 5. The van der Waals surface area contributed by atoms with Crippen LogP contribution < -0.4 is 14.8 Å². The Morgan fingerprint density at radius 1 is 1.10 bits per heavy atom. The summed E-state index contributed by atoms with van der Waals surface area (Å²) in [6.07, 6.45) is 0. The molecule has 118 valence electrons. The molecule has 1 fully saturated rings. The van der Waals surface area contributed by atoms with Crippen LogP contribution in [-0.2, 0) is 4.74 Å². The van der Waals surface area contributed by atoms with Crippen LogP contribution in [0.25, 0.3) is 0 Å². The van der Waals surface area contributed by atoms with E-state index < -0.39 is 0 Å². The fraction of sp³-hybridized carbons (Fsp3) is 0.625. The molecule has 5 heteroatoms. The highest BCUT2D eigenvalue weighted by Crippen LogP contribution is 2.25. The van der Waals surface area contributed by atoms with Crippen LogP contribution in [0.15, 0.2) is 24.3 Å². The number of hydrogen-bond donors (Lipinski definition) is 1. The molecule has 0 unspecified atom stereocenters. The standard InChI is InChI=1S/C16H26N2O3/c1-2-20-15-5-3-4-6-16(15)21-12-8-17-7-9-18-10-13-19-14-11-18/h3-6,17H,2,7-14H2,1H3. The minimum atomic E-state index is 0.646. The van der Waals surface area contributed by atoms with Crippen LogP contribution in [0.5, 0.6) is 11.5 Å². The van der Waals surface area contributed by atoms with Crippen molar-refractivity contribution in [2.75, 3.05) is 59.2 Å². The maximum atomic E-state index is 5.76. The molecule has 0 saturated carbocycles. The second-order valence-corrected chi connectivity index (χ2v) is 4.93. The van der Waals surface area contributed by atoms with Gasteiger partial charge in [-0.25, -0.2) is 0 Å². The molecule has 1 saturated heterocycles. The van der Waals surface area contributed by atoms with Gasteiger partial charge < -0.3 is 19.5 Å². The van der Waals surface area contributed by atoms with E-state index in [1.807, 2.05) is 31.2 Å². The molecule has 1 aromatic carbocycles. The Morgan fingerprint density at radius 2 is 1.81 bits per heavy atom. The van der Waals surface area contributed by atoms with Crippen LogP contribution in [0.2, 0.25) is 0 Å². The summed E-state index contributed by atoms with van der Waals surface area (Å²) in [4.78, 5) is 2.42. The Bertz CT molecular complexity index is 395. The average molecular weight is 294 g/mol. The summed E-state index contributed by atoms with van der Waals surface area (Å²) >= 11 is 0. The fourth-order valence-corrected chi connectivity index (χ4v) is 2.26. The first-order chi connectivity index (χ1) is 10.4. The Labute approximate surface area is 127 Å². The Morgan fingerprint density at radius 3 is 2.52 bits per heavy atom. The van der Waals surface area contributed by atoms with Crippen molar-refractivity contribution >= 4 is 0 Å². The number of benzene rings is 1. The van der Waals surface area contributed by atoms with Crippen LogP contribution in [-0.4, -0.2) is 64.1 Å².